The number of nitrogens with two attached hydrogens (primary N) is 1. The molecule has 0 aliphatic heterocycles. The molecule has 1 atom stereocenters. The van der Waals surface area contributed by atoms with Gasteiger partial charge in [0.05, 0.1) is 0 Å². The number of hydrogen-bond acceptors (Lipinski definition) is 4. The van der Waals surface area contributed by atoms with Crippen molar-refractivity contribution in [2.45, 2.75) is 29.4 Å². The number of nitrogens with zero attached hydrogens (tertiary/aromatic N) is 3. The van der Waals surface area contributed by atoms with Crippen molar-refractivity contribution >= 4 is 11.8 Å². The normalized spacial score (nSPS) is 12.6. The fraction of sp³-hybridized carbons (Fsp3) is 0.333. The van der Waals surface area contributed by atoms with Gasteiger partial charge < -0.3 is 5.73 Å². The van der Waals surface area contributed by atoms with Gasteiger partial charge in [-0.15, -0.1) is 0 Å². The molecule has 1 unspecified atom stereocenters. The van der Waals surface area contributed by atoms with E-state index >= 15 is 0 Å². The molecule has 1 heterocycles. The average molecular weight is 248 g/mol. The van der Waals surface area contributed by atoms with Crippen LogP contribution in [0.1, 0.15) is 24.9 Å². The summed E-state index contributed by atoms with van der Waals surface area (Å²) in [5, 5.41) is 4.94. The van der Waals surface area contributed by atoms with Crippen LogP contribution in [-0.2, 0) is 7.05 Å². The summed E-state index contributed by atoms with van der Waals surface area (Å²) in [7, 11) is 1.89. The van der Waals surface area contributed by atoms with E-state index < -0.39 is 0 Å². The predicted octanol–water partition coefficient (Wildman–Crippen LogP) is 2.38. The second-order valence-electron chi connectivity index (χ2n) is 3.82. The molecule has 0 bridgehead atoms. The third-order valence-electron chi connectivity index (χ3n) is 2.63. The van der Waals surface area contributed by atoms with Crippen LogP contribution in [0.4, 0.5) is 0 Å². The number of benzene rings is 1. The maximum atomic E-state index is 6.11. The van der Waals surface area contributed by atoms with Crippen molar-refractivity contribution < 1.29 is 0 Å². The van der Waals surface area contributed by atoms with E-state index in [9.17, 15) is 0 Å². The Labute approximate surface area is 105 Å². The minimum atomic E-state index is 0.0759. The van der Waals surface area contributed by atoms with Crippen LogP contribution < -0.4 is 5.73 Å². The lowest BCUT2D eigenvalue weighted by Crippen LogP contribution is -2.09. The maximum Gasteiger partial charge on any atom is 0.190 e. The van der Waals surface area contributed by atoms with Gasteiger partial charge in [0.15, 0.2) is 5.16 Å². The Morgan fingerprint density at radius 1 is 1.41 bits per heavy atom. The van der Waals surface area contributed by atoms with Crippen LogP contribution >= 0.6 is 11.8 Å². The molecule has 0 radical (unpaired) electrons. The molecular formula is C12H16N4S. The highest BCUT2D eigenvalue weighted by atomic mass is 32.2. The van der Waals surface area contributed by atoms with Gasteiger partial charge in [-0.1, -0.05) is 25.1 Å². The van der Waals surface area contributed by atoms with Crippen molar-refractivity contribution in [2.75, 3.05) is 0 Å². The smallest absolute Gasteiger partial charge is 0.190 e. The lowest BCUT2D eigenvalue weighted by molar-refractivity contribution is 0.677. The first-order valence-corrected chi connectivity index (χ1v) is 6.40. The van der Waals surface area contributed by atoms with Gasteiger partial charge in [-0.2, -0.15) is 5.10 Å². The highest BCUT2D eigenvalue weighted by Crippen LogP contribution is 2.31. The van der Waals surface area contributed by atoms with Gasteiger partial charge in [-0.3, -0.25) is 0 Å². The molecule has 0 amide bonds. The molecule has 1 aromatic heterocycles. The van der Waals surface area contributed by atoms with Crippen molar-refractivity contribution in [2.24, 2.45) is 12.8 Å². The van der Waals surface area contributed by atoms with Crippen LogP contribution in [0, 0.1) is 0 Å². The quantitative estimate of drug-likeness (QED) is 0.902. The minimum Gasteiger partial charge on any atom is -0.324 e. The zero-order valence-electron chi connectivity index (χ0n) is 10.00. The van der Waals surface area contributed by atoms with Crippen LogP contribution in [0.3, 0.4) is 0 Å². The third kappa shape index (κ3) is 2.68. The molecule has 0 spiro atoms. The molecule has 2 rings (SSSR count). The second-order valence-corrected chi connectivity index (χ2v) is 4.83. The van der Waals surface area contributed by atoms with Crippen molar-refractivity contribution in [1.29, 1.82) is 0 Å². The van der Waals surface area contributed by atoms with Gasteiger partial charge in [-0.05, 0) is 29.8 Å². The largest absolute Gasteiger partial charge is 0.324 e. The Bertz CT molecular complexity index is 495. The second kappa shape index (κ2) is 5.33. The van der Waals surface area contributed by atoms with Crippen molar-refractivity contribution in [1.82, 2.24) is 14.8 Å². The van der Waals surface area contributed by atoms with Gasteiger partial charge in [0.1, 0.15) is 6.33 Å². The number of hydrogen-bond donors (Lipinski definition) is 1. The maximum absolute atomic E-state index is 6.11. The molecule has 0 aliphatic rings. The van der Waals surface area contributed by atoms with E-state index in [1.54, 1.807) is 22.8 Å². The minimum absolute atomic E-state index is 0.0759. The summed E-state index contributed by atoms with van der Waals surface area (Å²) in [6.07, 6.45) is 2.49. The van der Waals surface area contributed by atoms with Gasteiger partial charge >= 0.3 is 0 Å². The van der Waals surface area contributed by atoms with E-state index in [-0.39, 0.29) is 6.04 Å². The first kappa shape index (κ1) is 12.1. The summed E-state index contributed by atoms with van der Waals surface area (Å²) in [6.45, 7) is 2.09. The Balaban J connectivity index is 2.30. The molecule has 0 saturated carbocycles. The van der Waals surface area contributed by atoms with E-state index in [0.717, 1.165) is 16.5 Å². The molecule has 0 fully saturated rings. The highest BCUT2D eigenvalue weighted by Gasteiger charge is 2.11. The monoisotopic (exact) mass is 248 g/mol. The summed E-state index contributed by atoms with van der Waals surface area (Å²) in [5.74, 6) is 0. The number of aryl methyl sites for hydroxylation is 1. The highest BCUT2D eigenvalue weighted by molar-refractivity contribution is 7.99. The van der Waals surface area contributed by atoms with Gasteiger partial charge in [0, 0.05) is 18.0 Å². The van der Waals surface area contributed by atoms with Gasteiger partial charge in [0.2, 0.25) is 0 Å². The molecular weight excluding hydrogens is 232 g/mol. The summed E-state index contributed by atoms with van der Waals surface area (Å²) in [6, 6.07) is 8.26. The molecule has 0 saturated heterocycles. The summed E-state index contributed by atoms with van der Waals surface area (Å²) < 4.78 is 1.76. The fourth-order valence-corrected chi connectivity index (χ4v) is 2.54. The third-order valence-corrected chi connectivity index (χ3v) is 3.77. The zero-order valence-corrected chi connectivity index (χ0v) is 10.8. The van der Waals surface area contributed by atoms with Crippen LogP contribution in [-0.4, -0.2) is 14.8 Å². The summed E-state index contributed by atoms with van der Waals surface area (Å²) in [4.78, 5) is 5.36. The standard InChI is InChI=1S/C12H16N4S/c1-3-10(13)9-6-4-5-7-11(9)17-12-14-8-15-16(12)2/h4-8,10H,3,13H2,1-2H3. The summed E-state index contributed by atoms with van der Waals surface area (Å²) in [5.41, 5.74) is 7.28. The van der Waals surface area contributed by atoms with Crippen molar-refractivity contribution in [3.8, 4) is 0 Å². The first-order valence-electron chi connectivity index (χ1n) is 5.58. The van der Waals surface area contributed by atoms with Crippen LogP contribution in [0.5, 0.6) is 0 Å². The first-order chi connectivity index (χ1) is 8.22. The zero-order chi connectivity index (χ0) is 12.3. The molecule has 0 aliphatic carbocycles. The Kier molecular flexibility index (Phi) is 3.81. The van der Waals surface area contributed by atoms with Crippen LogP contribution in [0.2, 0.25) is 0 Å². The van der Waals surface area contributed by atoms with Crippen molar-refractivity contribution in [3.05, 3.63) is 36.2 Å². The molecule has 90 valence electrons. The Morgan fingerprint density at radius 3 is 2.82 bits per heavy atom. The van der Waals surface area contributed by atoms with Gasteiger partial charge in [-0.25, -0.2) is 9.67 Å². The molecule has 2 N–H and O–H groups in total. The number of aromatic nitrogens is 3. The average Bonchev–Trinajstić information content (AvgIpc) is 2.75. The van der Waals surface area contributed by atoms with Crippen LogP contribution in [0.25, 0.3) is 0 Å². The lowest BCUT2D eigenvalue weighted by Gasteiger charge is -2.13. The van der Waals surface area contributed by atoms with Gasteiger partial charge in [0.25, 0.3) is 0 Å². The van der Waals surface area contributed by atoms with E-state index in [1.165, 1.54) is 5.56 Å². The fourth-order valence-electron chi connectivity index (χ4n) is 1.58. The van der Waals surface area contributed by atoms with Crippen molar-refractivity contribution in [3.63, 3.8) is 0 Å². The lowest BCUT2D eigenvalue weighted by atomic mass is 10.1. The SMILES string of the molecule is CCC(N)c1ccccc1Sc1ncnn1C. The Morgan fingerprint density at radius 2 is 2.18 bits per heavy atom. The summed E-state index contributed by atoms with van der Waals surface area (Å²) >= 11 is 1.60. The van der Waals surface area contributed by atoms with E-state index in [0.29, 0.717) is 0 Å². The number of rotatable bonds is 4. The molecule has 5 heteroatoms. The topological polar surface area (TPSA) is 56.7 Å². The van der Waals surface area contributed by atoms with E-state index in [1.807, 2.05) is 19.2 Å². The molecule has 2 aromatic rings. The molecule has 4 nitrogen and oxygen atoms in total. The van der Waals surface area contributed by atoms with Crippen LogP contribution in [0.15, 0.2) is 40.6 Å². The Hall–Kier alpha value is -1.33. The van der Waals surface area contributed by atoms with E-state index in [2.05, 4.69) is 29.1 Å². The predicted molar refractivity (Wildman–Crippen MR) is 68.8 cm³/mol. The van der Waals surface area contributed by atoms with E-state index in [4.69, 9.17) is 5.73 Å². The molecule has 17 heavy (non-hydrogen) atoms. The molecule has 1 aromatic carbocycles.